The van der Waals surface area contributed by atoms with E-state index in [4.69, 9.17) is 0 Å². The summed E-state index contributed by atoms with van der Waals surface area (Å²) in [5.74, 6) is 0. The fraction of sp³-hybridized carbons (Fsp3) is 0.222. The predicted molar refractivity (Wildman–Crippen MR) is 86.2 cm³/mol. The van der Waals surface area contributed by atoms with Gasteiger partial charge in [0.25, 0.3) is 0 Å². The van der Waals surface area contributed by atoms with Gasteiger partial charge in [0.1, 0.15) is 0 Å². The highest BCUT2D eigenvalue weighted by atomic mass is 14.9. The highest BCUT2D eigenvalue weighted by Crippen LogP contribution is 2.28. The van der Waals surface area contributed by atoms with Gasteiger partial charge in [-0.1, -0.05) is 25.1 Å². The van der Waals surface area contributed by atoms with Gasteiger partial charge in [-0.3, -0.25) is 9.97 Å². The number of benzene rings is 1. The highest BCUT2D eigenvalue weighted by molar-refractivity contribution is 5.83. The van der Waals surface area contributed by atoms with Gasteiger partial charge in [-0.2, -0.15) is 0 Å². The van der Waals surface area contributed by atoms with E-state index in [1.54, 1.807) is 0 Å². The van der Waals surface area contributed by atoms with Crippen LogP contribution in [0.2, 0.25) is 0 Å². The molecule has 0 amide bonds. The zero-order valence-electron chi connectivity index (χ0n) is 12.4. The normalized spacial score (nSPS) is 12.5. The maximum absolute atomic E-state index is 4.46. The van der Waals surface area contributed by atoms with Crippen LogP contribution in [0.5, 0.6) is 0 Å². The van der Waals surface area contributed by atoms with Crippen molar-refractivity contribution in [2.24, 2.45) is 0 Å². The summed E-state index contributed by atoms with van der Waals surface area (Å²) in [5.41, 5.74) is 4.56. The maximum atomic E-state index is 4.46. The number of hydrogen-bond donors (Lipinski definition) is 1. The van der Waals surface area contributed by atoms with Crippen LogP contribution in [0.3, 0.4) is 0 Å². The molecule has 0 aliphatic rings. The van der Waals surface area contributed by atoms with E-state index in [1.807, 2.05) is 25.4 Å². The third kappa shape index (κ3) is 2.78. The van der Waals surface area contributed by atoms with Crippen LogP contribution in [0.25, 0.3) is 10.9 Å². The summed E-state index contributed by atoms with van der Waals surface area (Å²) in [6, 6.07) is 14.8. The van der Waals surface area contributed by atoms with Gasteiger partial charge in [0.2, 0.25) is 0 Å². The summed E-state index contributed by atoms with van der Waals surface area (Å²) < 4.78 is 0. The van der Waals surface area contributed by atoms with Gasteiger partial charge in [-0.05, 0) is 48.9 Å². The second-order valence-electron chi connectivity index (χ2n) is 5.14. The summed E-state index contributed by atoms with van der Waals surface area (Å²) in [6.07, 6.45) is 3.71. The van der Waals surface area contributed by atoms with Crippen LogP contribution in [-0.2, 0) is 0 Å². The van der Waals surface area contributed by atoms with E-state index in [-0.39, 0.29) is 6.04 Å². The van der Waals surface area contributed by atoms with E-state index in [2.05, 4.69) is 58.6 Å². The quantitative estimate of drug-likeness (QED) is 0.791. The average molecular weight is 277 g/mol. The molecule has 3 rings (SSSR count). The molecule has 0 aliphatic carbocycles. The number of fused-ring (bicyclic) bond motifs is 1. The smallest absolute Gasteiger partial charge is 0.0705 e. The third-order valence-electron chi connectivity index (χ3n) is 3.65. The topological polar surface area (TPSA) is 37.8 Å². The molecule has 0 aliphatic heterocycles. The van der Waals surface area contributed by atoms with Gasteiger partial charge in [-0.15, -0.1) is 0 Å². The summed E-state index contributed by atoms with van der Waals surface area (Å²) in [5, 5.41) is 4.77. The van der Waals surface area contributed by atoms with Crippen molar-refractivity contribution in [2.45, 2.75) is 19.9 Å². The second kappa shape index (κ2) is 6.02. The molecule has 21 heavy (non-hydrogen) atoms. The average Bonchev–Trinajstić information content (AvgIpc) is 2.52. The Morgan fingerprint density at radius 1 is 1.05 bits per heavy atom. The van der Waals surface area contributed by atoms with E-state index < -0.39 is 0 Å². The zero-order chi connectivity index (χ0) is 14.7. The lowest BCUT2D eigenvalue weighted by molar-refractivity contribution is 0.633. The number of pyridine rings is 2. The minimum Gasteiger partial charge on any atom is -0.307 e. The Labute approximate surface area is 125 Å². The van der Waals surface area contributed by atoms with Crippen LogP contribution in [0.15, 0.2) is 54.9 Å². The van der Waals surface area contributed by atoms with Crippen LogP contribution in [0.4, 0.5) is 0 Å². The Morgan fingerprint density at radius 3 is 2.76 bits per heavy atom. The molecule has 2 heterocycles. The first kappa shape index (κ1) is 13.7. The van der Waals surface area contributed by atoms with E-state index in [1.165, 1.54) is 16.5 Å². The number of aryl methyl sites for hydroxylation is 1. The minimum atomic E-state index is 0.157. The standard InChI is InChI=1S/C18H19N3/c1-3-19-18(14-9-11-20-13(2)12-14)16-6-4-8-17-15(16)7-5-10-21-17/h4-12,18-19H,3H2,1-2H3. The van der Waals surface area contributed by atoms with Crippen molar-refractivity contribution in [2.75, 3.05) is 6.54 Å². The van der Waals surface area contributed by atoms with Crippen LogP contribution in [0, 0.1) is 6.92 Å². The Balaban J connectivity index is 2.16. The Hall–Kier alpha value is -2.26. The molecule has 2 aromatic heterocycles. The summed E-state index contributed by atoms with van der Waals surface area (Å²) in [4.78, 5) is 8.75. The van der Waals surface area contributed by atoms with Crippen molar-refractivity contribution >= 4 is 10.9 Å². The number of nitrogens with zero attached hydrogens (tertiary/aromatic N) is 2. The zero-order valence-corrected chi connectivity index (χ0v) is 12.4. The van der Waals surface area contributed by atoms with Crippen molar-refractivity contribution < 1.29 is 0 Å². The lowest BCUT2D eigenvalue weighted by Gasteiger charge is -2.20. The van der Waals surface area contributed by atoms with Gasteiger partial charge in [-0.25, -0.2) is 0 Å². The van der Waals surface area contributed by atoms with Crippen molar-refractivity contribution in [1.82, 2.24) is 15.3 Å². The largest absolute Gasteiger partial charge is 0.307 e. The van der Waals surface area contributed by atoms with Crippen LogP contribution in [0.1, 0.15) is 29.8 Å². The Morgan fingerprint density at radius 2 is 1.95 bits per heavy atom. The Bertz CT molecular complexity index is 747. The monoisotopic (exact) mass is 277 g/mol. The highest BCUT2D eigenvalue weighted by Gasteiger charge is 2.16. The molecular formula is C18H19N3. The molecule has 0 saturated heterocycles. The van der Waals surface area contributed by atoms with E-state index in [9.17, 15) is 0 Å². The van der Waals surface area contributed by atoms with Gasteiger partial charge in [0.05, 0.1) is 11.6 Å². The summed E-state index contributed by atoms with van der Waals surface area (Å²) >= 11 is 0. The van der Waals surface area contributed by atoms with Crippen molar-refractivity contribution in [3.8, 4) is 0 Å². The molecule has 3 heteroatoms. The van der Waals surface area contributed by atoms with E-state index in [0.29, 0.717) is 0 Å². The SMILES string of the molecule is CCNC(c1ccnc(C)c1)c1cccc2ncccc12. The molecule has 3 nitrogen and oxygen atoms in total. The van der Waals surface area contributed by atoms with Crippen LogP contribution >= 0.6 is 0 Å². The molecule has 1 N–H and O–H groups in total. The van der Waals surface area contributed by atoms with E-state index in [0.717, 1.165) is 17.8 Å². The van der Waals surface area contributed by atoms with Crippen LogP contribution in [-0.4, -0.2) is 16.5 Å². The van der Waals surface area contributed by atoms with Gasteiger partial charge < -0.3 is 5.32 Å². The molecule has 1 aromatic carbocycles. The first-order valence-electron chi connectivity index (χ1n) is 7.29. The van der Waals surface area contributed by atoms with Gasteiger partial charge in [0.15, 0.2) is 0 Å². The molecule has 1 unspecified atom stereocenters. The molecule has 0 saturated carbocycles. The van der Waals surface area contributed by atoms with Gasteiger partial charge in [0, 0.05) is 23.5 Å². The number of nitrogens with one attached hydrogen (secondary N) is 1. The molecule has 106 valence electrons. The second-order valence-corrected chi connectivity index (χ2v) is 5.14. The first-order chi connectivity index (χ1) is 10.3. The van der Waals surface area contributed by atoms with Gasteiger partial charge >= 0.3 is 0 Å². The summed E-state index contributed by atoms with van der Waals surface area (Å²) in [6.45, 7) is 5.06. The molecule has 1 atom stereocenters. The molecule has 0 radical (unpaired) electrons. The van der Waals surface area contributed by atoms with Crippen LogP contribution < -0.4 is 5.32 Å². The molecular weight excluding hydrogens is 258 g/mol. The lowest BCUT2D eigenvalue weighted by Crippen LogP contribution is -2.22. The first-order valence-corrected chi connectivity index (χ1v) is 7.29. The van der Waals surface area contributed by atoms with E-state index >= 15 is 0 Å². The number of hydrogen-bond acceptors (Lipinski definition) is 3. The predicted octanol–water partition coefficient (Wildman–Crippen LogP) is 3.64. The lowest BCUT2D eigenvalue weighted by atomic mass is 9.95. The van der Waals surface area contributed by atoms with Crippen molar-refractivity contribution in [3.63, 3.8) is 0 Å². The fourth-order valence-corrected chi connectivity index (χ4v) is 2.74. The fourth-order valence-electron chi connectivity index (χ4n) is 2.74. The van der Waals surface area contributed by atoms with Crippen molar-refractivity contribution in [3.05, 3.63) is 71.7 Å². The number of aromatic nitrogens is 2. The number of rotatable bonds is 4. The Kier molecular flexibility index (Phi) is 3.93. The molecule has 0 spiro atoms. The molecule has 0 bridgehead atoms. The third-order valence-corrected chi connectivity index (χ3v) is 3.65. The molecule has 0 fully saturated rings. The maximum Gasteiger partial charge on any atom is 0.0705 e. The summed E-state index contributed by atoms with van der Waals surface area (Å²) in [7, 11) is 0. The van der Waals surface area contributed by atoms with Crippen molar-refractivity contribution in [1.29, 1.82) is 0 Å². The minimum absolute atomic E-state index is 0.157. The molecule has 3 aromatic rings.